The molecule has 6 atom stereocenters. The molecule has 1 N–H and O–H groups in total. The summed E-state index contributed by atoms with van der Waals surface area (Å²) in [6, 6.07) is 2.17. The molecule has 0 heterocycles. The summed E-state index contributed by atoms with van der Waals surface area (Å²) < 4.78 is 28.7. The molecular formula is C33H50N2O4S. The summed E-state index contributed by atoms with van der Waals surface area (Å²) in [6.07, 6.45) is 10.2. The second-order valence-electron chi connectivity index (χ2n) is 15.6. The topological polar surface area (TPSA) is 104 Å². The van der Waals surface area contributed by atoms with Gasteiger partial charge in [0.1, 0.15) is 6.07 Å². The predicted octanol–water partition coefficient (Wildman–Crippen LogP) is 6.68. The molecule has 2 saturated carbocycles. The van der Waals surface area contributed by atoms with Crippen LogP contribution in [0.2, 0.25) is 0 Å². The number of carbonyl (C=O) groups excluding carboxylic acids is 2. The van der Waals surface area contributed by atoms with Gasteiger partial charge < -0.3 is 0 Å². The van der Waals surface area contributed by atoms with Gasteiger partial charge in [-0.25, -0.2) is 13.1 Å². The average Bonchev–Trinajstić information content (AvgIpc) is 2.85. The zero-order valence-electron chi connectivity index (χ0n) is 26.2. The first-order chi connectivity index (χ1) is 18.2. The van der Waals surface area contributed by atoms with Crippen LogP contribution in [0.4, 0.5) is 0 Å². The van der Waals surface area contributed by atoms with Crippen LogP contribution < -0.4 is 4.72 Å². The number of nitrogens with zero attached hydrogens (tertiary/aromatic N) is 1. The summed E-state index contributed by atoms with van der Waals surface area (Å²) in [7, 11) is -3.41. The van der Waals surface area contributed by atoms with Crippen LogP contribution >= 0.6 is 0 Å². The molecule has 0 aromatic rings. The van der Waals surface area contributed by atoms with Crippen LogP contribution in [0.15, 0.2) is 23.3 Å². The fraction of sp³-hybridized carbons (Fsp3) is 0.788. The van der Waals surface area contributed by atoms with Crippen LogP contribution in [0.1, 0.15) is 114 Å². The van der Waals surface area contributed by atoms with Crippen LogP contribution in [-0.4, -0.2) is 31.3 Å². The molecule has 0 aliphatic heterocycles. The molecule has 0 aromatic heterocycles. The van der Waals surface area contributed by atoms with Crippen molar-refractivity contribution in [1.29, 1.82) is 5.26 Å². The fourth-order valence-corrected chi connectivity index (χ4v) is 10.2. The molecule has 1 unspecified atom stereocenters. The summed E-state index contributed by atoms with van der Waals surface area (Å²) in [5.41, 5.74) is -1.39. The summed E-state index contributed by atoms with van der Waals surface area (Å²) in [6.45, 7) is 18.8. The molecule has 0 radical (unpaired) electrons. The molecule has 222 valence electrons. The average molecular weight is 571 g/mol. The molecule has 2 fully saturated rings. The van der Waals surface area contributed by atoms with E-state index in [1.807, 2.05) is 32.9 Å². The van der Waals surface area contributed by atoms with Crippen LogP contribution in [0.25, 0.3) is 0 Å². The minimum absolute atomic E-state index is 0.00280. The Bertz CT molecular complexity index is 1320. The Labute approximate surface area is 242 Å². The lowest BCUT2D eigenvalue weighted by Gasteiger charge is -2.65. The van der Waals surface area contributed by atoms with E-state index >= 15 is 0 Å². The van der Waals surface area contributed by atoms with Crippen molar-refractivity contribution in [3.63, 3.8) is 0 Å². The van der Waals surface area contributed by atoms with E-state index in [0.717, 1.165) is 50.5 Å². The van der Waals surface area contributed by atoms with Gasteiger partial charge in [-0.15, -0.1) is 0 Å². The Morgan fingerprint density at radius 1 is 0.925 bits per heavy atom. The van der Waals surface area contributed by atoms with Crippen LogP contribution in [0.5, 0.6) is 0 Å². The molecule has 40 heavy (non-hydrogen) atoms. The summed E-state index contributed by atoms with van der Waals surface area (Å²) in [5, 5.41) is 9.91. The number of sulfonamides is 1. The number of fused-ring (bicyclic) bond motifs is 5. The maximum Gasteiger partial charge on any atom is 0.211 e. The van der Waals surface area contributed by atoms with Crippen molar-refractivity contribution in [3.8, 4) is 6.07 Å². The van der Waals surface area contributed by atoms with Crippen LogP contribution in [0, 0.1) is 50.2 Å². The van der Waals surface area contributed by atoms with Gasteiger partial charge >= 0.3 is 0 Å². The molecule has 0 spiro atoms. The van der Waals surface area contributed by atoms with Gasteiger partial charge in [0.2, 0.25) is 10.0 Å². The fourth-order valence-electron chi connectivity index (χ4n) is 9.14. The van der Waals surface area contributed by atoms with Crippen molar-refractivity contribution in [3.05, 3.63) is 23.3 Å². The highest BCUT2D eigenvalue weighted by Crippen LogP contribution is 2.70. The molecular weight excluding hydrogens is 520 g/mol. The van der Waals surface area contributed by atoms with E-state index in [2.05, 4.69) is 45.4 Å². The maximum absolute atomic E-state index is 14.2. The monoisotopic (exact) mass is 570 g/mol. The van der Waals surface area contributed by atoms with E-state index in [-0.39, 0.29) is 45.6 Å². The molecule has 6 nitrogen and oxygen atoms in total. The van der Waals surface area contributed by atoms with Crippen LogP contribution in [0.3, 0.4) is 0 Å². The van der Waals surface area contributed by atoms with Gasteiger partial charge in [0.05, 0.1) is 11.3 Å². The maximum atomic E-state index is 14.2. The highest BCUT2D eigenvalue weighted by Gasteiger charge is 2.65. The lowest BCUT2D eigenvalue weighted by molar-refractivity contribution is -0.139. The molecule has 0 bridgehead atoms. The standard InChI is InChI=1S/C33H50N2O4S/c1-10-40(38,39)35-30(6)16-15-28(2,3)13-11-23-24(36)19-26-31(7)20-22(21-34)27(37)29(4,5)25(31)12-14-33(26,9)32(23,8)18-17-30/h19-20,23,25,35H,10-18H2,1-9H3/t23?,25-,30-,31-,32+,33+/m0/s1. The van der Waals surface area contributed by atoms with Gasteiger partial charge in [-0.2, -0.15) is 5.26 Å². The first-order valence-electron chi connectivity index (χ1n) is 15.2. The van der Waals surface area contributed by atoms with E-state index in [1.165, 1.54) is 0 Å². The zero-order chi connectivity index (χ0) is 30.2. The van der Waals surface area contributed by atoms with Crippen molar-refractivity contribution in [2.75, 3.05) is 5.75 Å². The highest BCUT2D eigenvalue weighted by atomic mass is 32.2. The van der Waals surface area contributed by atoms with E-state index in [4.69, 9.17) is 0 Å². The Balaban J connectivity index is 1.88. The number of nitriles is 1. The van der Waals surface area contributed by atoms with Gasteiger partial charge in [-0.1, -0.05) is 60.1 Å². The number of hydrogen-bond donors (Lipinski definition) is 1. The van der Waals surface area contributed by atoms with E-state index in [1.54, 1.807) is 6.92 Å². The van der Waals surface area contributed by atoms with Gasteiger partial charge in [0, 0.05) is 22.3 Å². The Kier molecular flexibility index (Phi) is 7.50. The molecule has 7 heteroatoms. The SMILES string of the molecule is CCS(=O)(=O)N[C@@]1(C)CCC(C)(C)CCC2C(=O)C=C3[C@@]4(C)C=C(C#N)C(=O)C(C)(C)[C@@H]4CC[C@@]3(C)[C@]2(C)CC1. The third kappa shape index (κ3) is 4.75. The highest BCUT2D eigenvalue weighted by molar-refractivity contribution is 7.89. The molecule has 0 aromatic carbocycles. The number of nitrogens with one attached hydrogen (secondary N) is 1. The molecule has 0 saturated heterocycles. The van der Waals surface area contributed by atoms with Crippen molar-refractivity contribution in [2.24, 2.45) is 38.9 Å². The summed E-state index contributed by atoms with van der Waals surface area (Å²) >= 11 is 0. The number of hydrogen-bond acceptors (Lipinski definition) is 5. The predicted molar refractivity (Wildman–Crippen MR) is 159 cm³/mol. The van der Waals surface area contributed by atoms with E-state index in [0.29, 0.717) is 6.42 Å². The van der Waals surface area contributed by atoms with Crippen molar-refractivity contribution < 1.29 is 18.0 Å². The Hall–Kier alpha value is -1.78. The number of allylic oxidation sites excluding steroid dienone is 4. The first kappa shape index (κ1) is 31.2. The summed E-state index contributed by atoms with van der Waals surface area (Å²) in [4.78, 5) is 27.5. The molecule has 4 aliphatic rings. The normalized spacial score (nSPS) is 41.4. The lowest BCUT2D eigenvalue weighted by Crippen LogP contribution is -2.60. The van der Waals surface area contributed by atoms with Crippen molar-refractivity contribution in [1.82, 2.24) is 4.72 Å². The van der Waals surface area contributed by atoms with E-state index < -0.39 is 31.8 Å². The Morgan fingerprint density at radius 3 is 2.15 bits per heavy atom. The van der Waals surface area contributed by atoms with Crippen LogP contribution in [-0.2, 0) is 19.6 Å². The largest absolute Gasteiger partial charge is 0.295 e. The Morgan fingerprint density at radius 2 is 1.55 bits per heavy atom. The quantitative estimate of drug-likeness (QED) is 0.408. The van der Waals surface area contributed by atoms with Gasteiger partial charge in [0.15, 0.2) is 11.6 Å². The lowest BCUT2D eigenvalue weighted by atomic mass is 9.38. The van der Waals surface area contributed by atoms with Crippen molar-refractivity contribution >= 4 is 21.6 Å². The molecule has 4 aliphatic carbocycles. The van der Waals surface area contributed by atoms with Gasteiger partial charge in [-0.3, -0.25) is 9.59 Å². The smallest absolute Gasteiger partial charge is 0.211 e. The number of ketones is 2. The minimum Gasteiger partial charge on any atom is -0.295 e. The molecule has 0 amide bonds. The van der Waals surface area contributed by atoms with Gasteiger partial charge in [0.25, 0.3) is 0 Å². The minimum atomic E-state index is -3.41. The first-order valence-corrected chi connectivity index (χ1v) is 16.8. The molecule has 4 rings (SSSR count). The third-order valence-electron chi connectivity index (χ3n) is 12.2. The number of carbonyl (C=O) groups is 2. The summed E-state index contributed by atoms with van der Waals surface area (Å²) in [5.74, 6) is -0.0875. The number of Topliss-reactive ketones (excluding diaryl/α,β-unsaturated/α-hetero) is 1. The zero-order valence-corrected chi connectivity index (χ0v) is 27.0. The third-order valence-corrected chi connectivity index (χ3v) is 13.8. The van der Waals surface area contributed by atoms with E-state index in [9.17, 15) is 23.3 Å². The van der Waals surface area contributed by atoms with Gasteiger partial charge in [-0.05, 0) is 93.5 Å². The second-order valence-corrected chi connectivity index (χ2v) is 17.6. The number of rotatable bonds is 3. The van der Waals surface area contributed by atoms with Crippen molar-refractivity contribution in [2.45, 2.75) is 119 Å². The second kappa shape index (κ2) is 9.63.